The molecule has 0 amide bonds. The van der Waals surface area contributed by atoms with Crippen LogP contribution in [0.4, 0.5) is 0 Å². The van der Waals surface area contributed by atoms with E-state index in [2.05, 4.69) is 4.98 Å². The first-order valence-corrected chi connectivity index (χ1v) is 8.38. The SMILES string of the molecule is CCCc1nc(CSc2cccc(Cl)c2)sc1C(=O)O. The van der Waals surface area contributed by atoms with Gasteiger partial charge in [-0.05, 0) is 24.6 Å². The first-order valence-electron chi connectivity index (χ1n) is 6.20. The van der Waals surface area contributed by atoms with E-state index in [-0.39, 0.29) is 0 Å². The number of hydrogen-bond donors (Lipinski definition) is 1. The molecular weight excluding hydrogens is 314 g/mol. The number of hydrogen-bond acceptors (Lipinski definition) is 4. The highest BCUT2D eigenvalue weighted by molar-refractivity contribution is 7.98. The predicted molar refractivity (Wildman–Crippen MR) is 84.1 cm³/mol. The number of aromatic carboxylic acids is 1. The van der Waals surface area contributed by atoms with Gasteiger partial charge in [-0.2, -0.15) is 0 Å². The summed E-state index contributed by atoms with van der Waals surface area (Å²) >= 11 is 8.81. The molecular formula is C14H14ClNO2S2. The number of carboxylic acid groups (broad SMARTS) is 1. The number of benzene rings is 1. The molecule has 0 aliphatic heterocycles. The fraction of sp³-hybridized carbons (Fsp3) is 0.286. The van der Waals surface area contributed by atoms with Crippen LogP contribution in [0.1, 0.15) is 33.7 Å². The lowest BCUT2D eigenvalue weighted by molar-refractivity contribution is 0.0700. The summed E-state index contributed by atoms with van der Waals surface area (Å²) in [5.74, 6) is -0.223. The number of carbonyl (C=O) groups is 1. The summed E-state index contributed by atoms with van der Waals surface area (Å²) in [5.41, 5.74) is 0.701. The van der Waals surface area contributed by atoms with Crippen molar-refractivity contribution in [1.82, 2.24) is 4.98 Å². The van der Waals surface area contributed by atoms with Crippen LogP contribution in [-0.4, -0.2) is 16.1 Å². The molecule has 0 unspecified atom stereocenters. The van der Waals surface area contributed by atoms with Gasteiger partial charge in [0.25, 0.3) is 0 Å². The average Bonchev–Trinajstić information content (AvgIpc) is 2.80. The van der Waals surface area contributed by atoms with Crippen molar-refractivity contribution in [3.05, 3.63) is 44.9 Å². The smallest absolute Gasteiger partial charge is 0.347 e. The molecule has 0 aliphatic carbocycles. The number of thioether (sulfide) groups is 1. The van der Waals surface area contributed by atoms with Crippen LogP contribution in [0.3, 0.4) is 0 Å². The zero-order valence-electron chi connectivity index (χ0n) is 10.9. The molecule has 0 spiro atoms. The van der Waals surface area contributed by atoms with Crippen molar-refractivity contribution in [2.45, 2.75) is 30.4 Å². The molecule has 1 aromatic carbocycles. The van der Waals surface area contributed by atoms with Gasteiger partial charge >= 0.3 is 5.97 Å². The Morgan fingerprint density at radius 2 is 2.30 bits per heavy atom. The van der Waals surface area contributed by atoms with E-state index in [4.69, 9.17) is 11.6 Å². The molecule has 106 valence electrons. The Bertz CT molecular complexity index is 613. The Balaban J connectivity index is 2.09. The van der Waals surface area contributed by atoms with Crippen LogP contribution in [0, 0.1) is 0 Å². The van der Waals surface area contributed by atoms with Gasteiger partial charge in [-0.3, -0.25) is 0 Å². The Kier molecular flexibility index (Phi) is 5.46. The van der Waals surface area contributed by atoms with E-state index >= 15 is 0 Å². The van der Waals surface area contributed by atoms with Crippen LogP contribution in [0.2, 0.25) is 5.02 Å². The summed E-state index contributed by atoms with van der Waals surface area (Å²) in [4.78, 5) is 17.0. The molecule has 0 bridgehead atoms. The lowest BCUT2D eigenvalue weighted by Gasteiger charge is -1.99. The van der Waals surface area contributed by atoms with Crippen LogP contribution in [0.5, 0.6) is 0 Å². The molecule has 2 aromatic rings. The maximum atomic E-state index is 11.2. The van der Waals surface area contributed by atoms with Gasteiger partial charge in [-0.1, -0.05) is 31.0 Å². The fourth-order valence-electron chi connectivity index (χ4n) is 1.74. The maximum absolute atomic E-state index is 11.2. The first-order chi connectivity index (χ1) is 9.60. The standard InChI is InChI=1S/C14H14ClNO2S2/c1-2-4-11-13(14(17)18)20-12(16-11)8-19-10-6-3-5-9(15)7-10/h3,5-7H,2,4,8H2,1H3,(H,17,18). The van der Waals surface area contributed by atoms with E-state index in [0.717, 1.165) is 16.3 Å². The molecule has 1 N–H and O–H groups in total. The van der Waals surface area contributed by atoms with Gasteiger partial charge in [0.1, 0.15) is 9.88 Å². The summed E-state index contributed by atoms with van der Waals surface area (Å²) in [6.07, 6.45) is 1.60. The topological polar surface area (TPSA) is 50.2 Å². The molecule has 2 rings (SSSR count). The minimum atomic E-state index is -0.884. The van der Waals surface area contributed by atoms with Gasteiger partial charge < -0.3 is 5.11 Å². The van der Waals surface area contributed by atoms with Crippen molar-refractivity contribution >= 4 is 40.7 Å². The minimum Gasteiger partial charge on any atom is -0.477 e. The Hall–Kier alpha value is -1.04. The lowest BCUT2D eigenvalue weighted by Crippen LogP contribution is -1.98. The second-order valence-corrected chi connectivity index (χ2v) is 6.75. The molecule has 0 atom stereocenters. The second-order valence-electron chi connectivity index (χ2n) is 4.18. The zero-order chi connectivity index (χ0) is 14.5. The van der Waals surface area contributed by atoms with Gasteiger partial charge in [0.05, 0.1) is 11.4 Å². The monoisotopic (exact) mass is 327 g/mol. The molecule has 0 aliphatic rings. The van der Waals surface area contributed by atoms with E-state index in [0.29, 0.717) is 27.8 Å². The molecule has 1 aromatic heterocycles. The quantitative estimate of drug-likeness (QED) is 0.778. The summed E-state index contributed by atoms with van der Waals surface area (Å²) in [7, 11) is 0. The fourth-order valence-corrected chi connectivity index (χ4v) is 3.89. The number of thiazole rings is 1. The Morgan fingerprint density at radius 3 is 2.95 bits per heavy atom. The number of rotatable bonds is 6. The molecule has 0 radical (unpaired) electrons. The van der Waals surface area contributed by atoms with Crippen molar-refractivity contribution in [1.29, 1.82) is 0 Å². The number of nitrogens with zero attached hydrogens (tertiary/aromatic N) is 1. The molecule has 20 heavy (non-hydrogen) atoms. The summed E-state index contributed by atoms with van der Waals surface area (Å²) < 4.78 is 0. The molecule has 1 heterocycles. The summed E-state index contributed by atoms with van der Waals surface area (Å²) in [5, 5.41) is 10.7. The molecule has 3 nitrogen and oxygen atoms in total. The Morgan fingerprint density at radius 1 is 1.50 bits per heavy atom. The summed E-state index contributed by atoms with van der Waals surface area (Å²) in [6, 6.07) is 7.61. The van der Waals surface area contributed by atoms with Gasteiger partial charge in [0, 0.05) is 9.92 Å². The third-order valence-electron chi connectivity index (χ3n) is 2.58. The highest BCUT2D eigenvalue weighted by Crippen LogP contribution is 2.28. The third-order valence-corrected chi connectivity index (χ3v) is 5.09. The number of aryl methyl sites for hydroxylation is 1. The lowest BCUT2D eigenvalue weighted by atomic mass is 10.2. The third kappa shape index (κ3) is 3.98. The zero-order valence-corrected chi connectivity index (χ0v) is 13.3. The van der Waals surface area contributed by atoms with Crippen molar-refractivity contribution < 1.29 is 9.90 Å². The van der Waals surface area contributed by atoms with Crippen molar-refractivity contribution in [3.63, 3.8) is 0 Å². The van der Waals surface area contributed by atoms with E-state index in [1.54, 1.807) is 11.8 Å². The Labute approximate surface area is 131 Å². The van der Waals surface area contributed by atoms with Gasteiger partial charge in [-0.15, -0.1) is 23.1 Å². The van der Waals surface area contributed by atoms with Crippen LogP contribution in [0.25, 0.3) is 0 Å². The largest absolute Gasteiger partial charge is 0.477 e. The van der Waals surface area contributed by atoms with Crippen LogP contribution in [-0.2, 0) is 12.2 Å². The number of aromatic nitrogens is 1. The average molecular weight is 328 g/mol. The van der Waals surface area contributed by atoms with Crippen molar-refractivity contribution in [3.8, 4) is 0 Å². The van der Waals surface area contributed by atoms with Crippen LogP contribution in [0.15, 0.2) is 29.2 Å². The number of halogens is 1. The van der Waals surface area contributed by atoms with E-state index in [1.165, 1.54) is 11.3 Å². The van der Waals surface area contributed by atoms with Crippen LogP contribution >= 0.6 is 34.7 Å². The van der Waals surface area contributed by atoms with Gasteiger partial charge in [-0.25, -0.2) is 9.78 Å². The first kappa shape index (κ1) is 15.4. The molecule has 0 saturated heterocycles. The molecule has 0 fully saturated rings. The minimum absolute atomic E-state index is 0.369. The van der Waals surface area contributed by atoms with Crippen LogP contribution < -0.4 is 0 Å². The number of carboxylic acids is 1. The normalized spacial score (nSPS) is 10.7. The van der Waals surface area contributed by atoms with E-state index in [1.807, 2.05) is 31.2 Å². The van der Waals surface area contributed by atoms with Crippen molar-refractivity contribution in [2.75, 3.05) is 0 Å². The molecule has 6 heteroatoms. The van der Waals surface area contributed by atoms with E-state index < -0.39 is 5.97 Å². The van der Waals surface area contributed by atoms with Crippen molar-refractivity contribution in [2.24, 2.45) is 0 Å². The molecule has 0 saturated carbocycles. The maximum Gasteiger partial charge on any atom is 0.347 e. The van der Waals surface area contributed by atoms with Gasteiger partial charge in [0.2, 0.25) is 0 Å². The predicted octanol–water partition coefficient (Wildman–Crippen LogP) is 4.74. The second kappa shape index (κ2) is 7.11. The van der Waals surface area contributed by atoms with Gasteiger partial charge in [0.15, 0.2) is 0 Å². The summed E-state index contributed by atoms with van der Waals surface area (Å²) in [6.45, 7) is 2.02. The highest BCUT2D eigenvalue weighted by Gasteiger charge is 2.16. The highest BCUT2D eigenvalue weighted by atomic mass is 35.5. The van der Waals surface area contributed by atoms with E-state index in [9.17, 15) is 9.90 Å².